The third-order valence-corrected chi connectivity index (χ3v) is 3.76. The SMILES string of the molecule is O=C(Cc1noc2ccccc12)NCC[C@@H]1CCCN1. The molecule has 0 spiro atoms. The van der Waals surface area contributed by atoms with Crippen molar-refractivity contribution >= 4 is 16.9 Å². The van der Waals surface area contributed by atoms with Gasteiger partial charge in [-0.1, -0.05) is 17.3 Å². The first-order valence-corrected chi connectivity index (χ1v) is 7.16. The fourth-order valence-electron chi connectivity index (χ4n) is 2.67. The van der Waals surface area contributed by atoms with Crippen LogP contribution in [-0.2, 0) is 11.2 Å². The zero-order chi connectivity index (χ0) is 13.8. The smallest absolute Gasteiger partial charge is 0.226 e. The van der Waals surface area contributed by atoms with E-state index in [2.05, 4.69) is 15.8 Å². The maximum atomic E-state index is 11.9. The van der Waals surface area contributed by atoms with E-state index in [-0.39, 0.29) is 12.3 Å². The second-order valence-corrected chi connectivity index (χ2v) is 5.23. The predicted octanol–water partition coefficient (Wildman–Crippen LogP) is 1.63. The van der Waals surface area contributed by atoms with Crippen molar-refractivity contribution in [2.24, 2.45) is 0 Å². The van der Waals surface area contributed by atoms with Gasteiger partial charge in [-0.3, -0.25) is 4.79 Å². The molecule has 0 saturated carbocycles. The van der Waals surface area contributed by atoms with Gasteiger partial charge in [0.1, 0.15) is 5.69 Å². The fourth-order valence-corrected chi connectivity index (χ4v) is 2.67. The van der Waals surface area contributed by atoms with Crippen molar-refractivity contribution in [2.75, 3.05) is 13.1 Å². The van der Waals surface area contributed by atoms with Gasteiger partial charge in [-0.25, -0.2) is 0 Å². The molecule has 1 saturated heterocycles. The van der Waals surface area contributed by atoms with Gasteiger partial charge in [0.25, 0.3) is 0 Å². The number of carbonyl (C=O) groups is 1. The number of fused-ring (bicyclic) bond motifs is 1. The molecule has 2 aromatic rings. The van der Waals surface area contributed by atoms with Crippen LogP contribution in [0.15, 0.2) is 28.8 Å². The predicted molar refractivity (Wildman–Crippen MR) is 76.4 cm³/mol. The summed E-state index contributed by atoms with van der Waals surface area (Å²) in [5, 5.41) is 11.3. The molecular weight excluding hydrogens is 254 g/mol. The van der Waals surface area contributed by atoms with E-state index < -0.39 is 0 Å². The number of hydrogen-bond donors (Lipinski definition) is 2. The molecule has 20 heavy (non-hydrogen) atoms. The van der Waals surface area contributed by atoms with Crippen LogP contribution >= 0.6 is 0 Å². The summed E-state index contributed by atoms with van der Waals surface area (Å²) in [5.41, 5.74) is 1.43. The number of hydrogen-bond acceptors (Lipinski definition) is 4. The minimum absolute atomic E-state index is 0.00190. The van der Waals surface area contributed by atoms with E-state index in [4.69, 9.17) is 4.52 Å². The molecule has 1 aromatic carbocycles. The highest BCUT2D eigenvalue weighted by Gasteiger charge is 2.15. The summed E-state index contributed by atoms with van der Waals surface area (Å²) >= 11 is 0. The topological polar surface area (TPSA) is 67.2 Å². The second-order valence-electron chi connectivity index (χ2n) is 5.23. The van der Waals surface area contributed by atoms with Crippen LogP contribution < -0.4 is 10.6 Å². The number of rotatable bonds is 5. The molecule has 0 aliphatic carbocycles. The molecule has 0 unspecified atom stereocenters. The van der Waals surface area contributed by atoms with E-state index >= 15 is 0 Å². The fraction of sp³-hybridized carbons (Fsp3) is 0.467. The van der Waals surface area contributed by atoms with Crippen molar-refractivity contribution < 1.29 is 9.32 Å². The molecule has 106 valence electrons. The van der Waals surface area contributed by atoms with Crippen LogP contribution in [0.2, 0.25) is 0 Å². The molecule has 5 nitrogen and oxygen atoms in total. The number of nitrogens with zero attached hydrogens (tertiary/aromatic N) is 1. The maximum Gasteiger partial charge on any atom is 0.226 e. The molecule has 1 aliphatic heterocycles. The van der Waals surface area contributed by atoms with E-state index in [9.17, 15) is 4.79 Å². The standard InChI is InChI=1S/C15H19N3O2/c19-15(17-9-7-11-4-3-8-16-11)10-13-12-5-1-2-6-14(12)20-18-13/h1-2,5-6,11,16H,3-4,7-10H2,(H,17,19)/t11-/m0/s1. The van der Waals surface area contributed by atoms with Gasteiger partial charge in [0.15, 0.2) is 5.58 Å². The average molecular weight is 273 g/mol. The van der Waals surface area contributed by atoms with E-state index in [1.165, 1.54) is 12.8 Å². The van der Waals surface area contributed by atoms with Crippen LogP contribution in [0.3, 0.4) is 0 Å². The molecular formula is C15H19N3O2. The first kappa shape index (κ1) is 13.1. The van der Waals surface area contributed by atoms with Gasteiger partial charge in [-0.15, -0.1) is 0 Å². The number of carbonyl (C=O) groups excluding carboxylic acids is 1. The molecule has 1 fully saturated rings. The van der Waals surface area contributed by atoms with Crippen molar-refractivity contribution in [2.45, 2.75) is 31.7 Å². The summed E-state index contributed by atoms with van der Waals surface area (Å²) in [6.45, 7) is 1.82. The third-order valence-electron chi connectivity index (χ3n) is 3.76. The summed E-state index contributed by atoms with van der Waals surface area (Å²) in [7, 11) is 0. The molecule has 2 N–H and O–H groups in total. The number of benzene rings is 1. The highest BCUT2D eigenvalue weighted by molar-refractivity contribution is 5.86. The van der Waals surface area contributed by atoms with Crippen LogP contribution in [0.5, 0.6) is 0 Å². The lowest BCUT2D eigenvalue weighted by Gasteiger charge is -2.10. The Balaban J connectivity index is 1.50. The molecule has 5 heteroatoms. The van der Waals surface area contributed by atoms with E-state index in [1.54, 1.807) is 0 Å². The lowest BCUT2D eigenvalue weighted by molar-refractivity contribution is -0.120. The summed E-state index contributed by atoms with van der Waals surface area (Å²) in [6, 6.07) is 8.16. The lowest BCUT2D eigenvalue weighted by Crippen LogP contribution is -2.31. The summed E-state index contributed by atoms with van der Waals surface area (Å²) in [5.74, 6) is 0.00190. The number of para-hydroxylation sites is 1. The summed E-state index contributed by atoms with van der Waals surface area (Å²) in [4.78, 5) is 11.9. The monoisotopic (exact) mass is 273 g/mol. The molecule has 0 bridgehead atoms. The third kappa shape index (κ3) is 2.99. The van der Waals surface area contributed by atoms with Crippen molar-refractivity contribution in [3.05, 3.63) is 30.0 Å². The highest BCUT2D eigenvalue weighted by Crippen LogP contribution is 2.17. The van der Waals surface area contributed by atoms with Crippen molar-refractivity contribution in [3.63, 3.8) is 0 Å². The molecule has 1 amide bonds. The van der Waals surface area contributed by atoms with E-state index in [1.807, 2.05) is 24.3 Å². The molecule has 1 aromatic heterocycles. The van der Waals surface area contributed by atoms with Crippen molar-refractivity contribution in [3.8, 4) is 0 Å². The van der Waals surface area contributed by atoms with Crippen LogP contribution in [-0.4, -0.2) is 30.2 Å². The Labute approximate surface area is 117 Å². The molecule has 1 atom stereocenters. The minimum Gasteiger partial charge on any atom is -0.356 e. The normalized spacial score (nSPS) is 18.5. The van der Waals surface area contributed by atoms with Crippen LogP contribution in [0, 0.1) is 0 Å². The van der Waals surface area contributed by atoms with Crippen LogP contribution in [0.25, 0.3) is 11.0 Å². The summed E-state index contributed by atoms with van der Waals surface area (Å²) < 4.78 is 5.20. The summed E-state index contributed by atoms with van der Waals surface area (Å²) in [6.07, 6.45) is 3.72. The van der Waals surface area contributed by atoms with E-state index in [0.717, 1.165) is 23.9 Å². The largest absolute Gasteiger partial charge is 0.356 e. The molecule has 0 radical (unpaired) electrons. The van der Waals surface area contributed by atoms with Crippen molar-refractivity contribution in [1.82, 2.24) is 15.8 Å². The van der Waals surface area contributed by atoms with Crippen molar-refractivity contribution in [1.29, 1.82) is 0 Å². The Bertz CT molecular complexity index is 588. The molecule has 1 aliphatic rings. The Morgan fingerprint density at radius 2 is 2.35 bits per heavy atom. The lowest BCUT2D eigenvalue weighted by atomic mass is 10.1. The average Bonchev–Trinajstić information content (AvgIpc) is 3.09. The first-order valence-electron chi connectivity index (χ1n) is 7.16. The van der Waals surface area contributed by atoms with Gasteiger partial charge < -0.3 is 15.2 Å². The number of amides is 1. The quantitative estimate of drug-likeness (QED) is 0.869. The Hall–Kier alpha value is -1.88. The maximum absolute atomic E-state index is 11.9. The Morgan fingerprint density at radius 1 is 1.45 bits per heavy atom. The first-order chi connectivity index (χ1) is 9.83. The zero-order valence-corrected chi connectivity index (χ0v) is 11.4. The van der Waals surface area contributed by atoms with Crippen LogP contribution in [0.1, 0.15) is 25.0 Å². The number of nitrogens with one attached hydrogen (secondary N) is 2. The van der Waals surface area contributed by atoms with Gasteiger partial charge in [0.2, 0.25) is 5.91 Å². The van der Waals surface area contributed by atoms with E-state index in [0.29, 0.717) is 18.3 Å². The second kappa shape index (κ2) is 6.05. The molecule has 2 heterocycles. The highest BCUT2D eigenvalue weighted by atomic mass is 16.5. The van der Waals surface area contributed by atoms with Gasteiger partial charge in [0.05, 0.1) is 6.42 Å². The Kier molecular flexibility index (Phi) is 3.97. The zero-order valence-electron chi connectivity index (χ0n) is 11.4. The number of aromatic nitrogens is 1. The van der Waals surface area contributed by atoms with Gasteiger partial charge in [-0.2, -0.15) is 0 Å². The van der Waals surface area contributed by atoms with Gasteiger partial charge >= 0.3 is 0 Å². The minimum atomic E-state index is 0.00190. The van der Waals surface area contributed by atoms with Gasteiger partial charge in [0, 0.05) is 18.0 Å². The molecule has 3 rings (SSSR count). The Morgan fingerprint density at radius 3 is 3.20 bits per heavy atom. The van der Waals surface area contributed by atoms with Gasteiger partial charge in [-0.05, 0) is 37.9 Å². The van der Waals surface area contributed by atoms with Crippen LogP contribution in [0.4, 0.5) is 0 Å².